The zero-order chi connectivity index (χ0) is 8.81. The van der Waals surface area contributed by atoms with E-state index in [0.29, 0.717) is 6.61 Å². The van der Waals surface area contributed by atoms with E-state index in [1.807, 2.05) is 19.1 Å². The van der Waals surface area contributed by atoms with Gasteiger partial charge in [0, 0.05) is 6.20 Å². The molecule has 1 rings (SSSR count). The molecule has 4 heteroatoms. The number of hydrogen-bond acceptors (Lipinski definition) is 3. The van der Waals surface area contributed by atoms with Gasteiger partial charge in [0.2, 0.25) is 5.75 Å². The molecule has 0 aliphatic carbocycles. The van der Waals surface area contributed by atoms with Crippen molar-refractivity contribution in [2.24, 2.45) is 0 Å². The van der Waals surface area contributed by atoms with Crippen LogP contribution in [0.1, 0.15) is 6.92 Å². The summed E-state index contributed by atoms with van der Waals surface area (Å²) in [5.74, 6) is 1.48. The van der Waals surface area contributed by atoms with E-state index in [-0.39, 0.29) is 0 Å². The van der Waals surface area contributed by atoms with Crippen molar-refractivity contribution < 1.29 is 15.1 Å². The number of ether oxygens (including phenoxy) is 1. The number of rotatable bonds is 4. The molecule has 1 aromatic heterocycles. The fourth-order valence-corrected chi connectivity index (χ4v) is 0.880. The van der Waals surface area contributed by atoms with Crippen LogP contribution in [-0.2, 0) is 4.84 Å². The summed E-state index contributed by atoms with van der Waals surface area (Å²) in [6, 6.07) is 3.69. The van der Waals surface area contributed by atoms with Gasteiger partial charge >= 0.3 is 0 Å². The van der Waals surface area contributed by atoms with Crippen molar-refractivity contribution in [3.05, 3.63) is 18.3 Å². The molecule has 0 radical (unpaired) electrons. The summed E-state index contributed by atoms with van der Waals surface area (Å²) in [6.45, 7) is 2.57. The van der Waals surface area contributed by atoms with Crippen LogP contribution >= 0.6 is 0 Å². The van der Waals surface area contributed by atoms with Crippen LogP contribution in [-0.4, -0.2) is 18.7 Å². The van der Waals surface area contributed by atoms with Gasteiger partial charge in [0.1, 0.15) is 0 Å². The van der Waals surface area contributed by atoms with Gasteiger partial charge in [0.15, 0.2) is 0 Å². The fraction of sp³-hybridized carbons (Fsp3) is 0.375. The number of pyridine rings is 1. The lowest BCUT2D eigenvalue weighted by atomic mass is 10.4. The summed E-state index contributed by atoms with van der Waals surface area (Å²) in [5, 5.41) is 0. The Kier molecular flexibility index (Phi) is 3.50. The monoisotopic (exact) mass is 169 g/mol. The van der Waals surface area contributed by atoms with Crippen LogP contribution in [0.4, 0.5) is 5.82 Å². The summed E-state index contributed by atoms with van der Waals surface area (Å²) >= 11 is 0. The number of aromatic nitrogens is 1. The Balaban J connectivity index is 2.77. The first-order chi connectivity index (χ1) is 5.88. The maximum absolute atomic E-state index is 5.32. The first-order valence-electron chi connectivity index (χ1n) is 3.82. The van der Waals surface area contributed by atoms with E-state index in [9.17, 15) is 0 Å². The summed E-state index contributed by atoms with van der Waals surface area (Å²) in [5.41, 5.74) is 1.56. The van der Waals surface area contributed by atoms with E-state index in [1.54, 1.807) is 18.8 Å². The highest BCUT2D eigenvalue weighted by Gasteiger charge is 2.06. The van der Waals surface area contributed by atoms with Crippen molar-refractivity contribution in [2.75, 3.05) is 13.7 Å². The van der Waals surface area contributed by atoms with Crippen molar-refractivity contribution in [2.45, 2.75) is 6.92 Å². The molecule has 0 saturated heterocycles. The van der Waals surface area contributed by atoms with Crippen LogP contribution in [0.2, 0.25) is 0 Å². The summed E-state index contributed by atoms with van der Waals surface area (Å²) in [4.78, 5) is 8.93. The van der Waals surface area contributed by atoms with Crippen molar-refractivity contribution in [1.29, 1.82) is 0 Å². The van der Waals surface area contributed by atoms with E-state index in [2.05, 4.69) is 4.98 Å². The predicted molar refractivity (Wildman–Crippen MR) is 44.0 cm³/mol. The first-order valence-corrected chi connectivity index (χ1v) is 3.82. The van der Waals surface area contributed by atoms with Crippen LogP contribution in [0.15, 0.2) is 18.3 Å². The molecule has 0 aliphatic rings. The highest BCUT2D eigenvalue weighted by atomic mass is 16.6. The molecular weight excluding hydrogens is 156 g/mol. The molecule has 0 fully saturated rings. The molecule has 0 spiro atoms. The lowest BCUT2D eigenvalue weighted by molar-refractivity contribution is -0.832. The van der Waals surface area contributed by atoms with Crippen molar-refractivity contribution in [1.82, 2.24) is 4.98 Å². The number of quaternary nitrogens is 1. The van der Waals surface area contributed by atoms with Gasteiger partial charge in [0.25, 0.3) is 5.82 Å². The lowest BCUT2D eigenvalue weighted by Crippen LogP contribution is -2.76. The van der Waals surface area contributed by atoms with Gasteiger partial charge in [-0.25, -0.2) is 4.84 Å². The SMILES string of the molecule is CCOc1cccnc1[NH2+]OC. The Hall–Kier alpha value is -1.13. The van der Waals surface area contributed by atoms with Crippen LogP contribution in [0.3, 0.4) is 0 Å². The predicted octanol–water partition coefficient (Wildman–Crippen LogP) is 0.237. The van der Waals surface area contributed by atoms with Gasteiger partial charge in [-0.3, -0.25) is 0 Å². The average Bonchev–Trinajstić information content (AvgIpc) is 2.09. The topological polar surface area (TPSA) is 48.0 Å². The molecule has 2 N–H and O–H groups in total. The van der Waals surface area contributed by atoms with Crippen LogP contribution in [0.25, 0.3) is 0 Å². The van der Waals surface area contributed by atoms with Crippen LogP contribution in [0, 0.1) is 0 Å². The highest BCUT2D eigenvalue weighted by molar-refractivity contribution is 5.36. The second-order valence-electron chi connectivity index (χ2n) is 2.17. The third-order valence-electron chi connectivity index (χ3n) is 1.33. The number of nitrogens with two attached hydrogens (primary N) is 1. The van der Waals surface area contributed by atoms with Gasteiger partial charge in [-0.05, 0) is 19.1 Å². The van der Waals surface area contributed by atoms with E-state index in [1.165, 1.54) is 0 Å². The molecule has 4 nitrogen and oxygen atoms in total. The van der Waals surface area contributed by atoms with Gasteiger partial charge in [0.05, 0.1) is 13.7 Å². The van der Waals surface area contributed by atoms with Crippen molar-refractivity contribution >= 4 is 5.82 Å². The van der Waals surface area contributed by atoms with Crippen LogP contribution < -0.4 is 10.2 Å². The smallest absolute Gasteiger partial charge is 0.299 e. The normalized spacial score (nSPS) is 9.83. The molecule has 0 amide bonds. The van der Waals surface area contributed by atoms with Crippen molar-refractivity contribution in [3.63, 3.8) is 0 Å². The zero-order valence-corrected chi connectivity index (χ0v) is 7.28. The van der Waals surface area contributed by atoms with E-state index in [0.717, 1.165) is 11.6 Å². The Morgan fingerprint density at radius 2 is 2.42 bits per heavy atom. The Morgan fingerprint density at radius 1 is 1.58 bits per heavy atom. The first kappa shape index (κ1) is 8.96. The maximum Gasteiger partial charge on any atom is 0.299 e. The summed E-state index contributed by atoms with van der Waals surface area (Å²) < 4.78 is 5.32. The molecule has 0 aliphatic heterocycles. The van der Waals surface area contributed by atoms with E-state index in [4.69, 9.17) is 9.57 Å². The van der Waals surface area contributed by atoms with Gasteiger partial charge in [-0.2, -0.15) is 10.5 Å². The quantitative estimate of drug-likeness (QED) is 0.657. The number of nitrogens with zero attached hydrogens (tertiary/aromatic N) is 1. The Bertz CT molecular complexity index is 215. The molecule has 0 aromatic carbocycles. The molecule has 0 unspecified atom stereocenters. The van der Waals surface area contributed by atoms with E-state index < -0.39 is 0 Å². The third-order valence-corrected chi connectivity index (χ3v) is 1.33. The maximum atomic E-state index is 5.32. The molecule has 66 valence electrons. The van der Waals surface area contributed by atoms with Gasteiger partial charge in [-0.15, -0.1) is 0 Å². The summed E-state index contributed by atoms with van der Waals surface area (Å²) in [7, 11) is 1.59. The summed E-state index contributed by atoms with van der Waals surface area (Å²) in [6.07, 6.45) is 1.70. The fourth-order valence-electron chi connectivity index (χ4n) is 0.880. The Labute approximate surface area is 71.5 Å². The standard InChI is InChI=1S/C8H12N2O2/c1-3-12-7-5-4-6-9-8(7)10-11-2/h4-6H,3H2,1-2H3,(H,9,10)/p+1. The van der Waals surface area contributed by atoms with Crippen LogP contribution in [0.5, 0.6) is 5.75 Å². The largest absolute Gasteiger partial charge is 0.486 e. The van der Waals surface area contributed by atoms with Gasteiger partial charge in [-0.1, -0.05) is 0 Å². The molecule has 12 heavy (non-hydrogen) atoms. The minimum absolute atomic E-state index is 0.635. The minimum Gasteiger partial charge on any atom is -0.486 e. The second kappa shape index (κ2) is 4.69. The number of hydrogen-bond donors (Lipinski definition) is 1. The molecule has 0 saturated carbocycles. The average molecular weight is 169 g/mol. The van der Waals surface area contributed by atoms with E-state index >= 15 is 0 Å². The highest BCUT2D eigenvalue weighted by Crippen LogP contribution is 2.15. The third kappa shape index (κ3) is 2.18. The van der Waals surface area contributed by atoms with Crippen molar-refractivity contribution in [3.8, 4) is 5.75 Å². The Morgan fingerprint density at radius 3 is 3.08 bits per heavy atom. The zero-order valence-electron chi connectivity index (χ0n) is 7.28. The molecule has 0 bridgehead atoms. The van der Waals surface area contributed by atoms with Gasteiger partial charge < -0.3 is 4.74 Å². The minimum atomic E-state index is 0.635. The second-order valence-corrected chi connectivity index (χ2v) is 2.17. The molecule has 1 heterocycles. The molecular formula is C8H13N2O2+. The molecule has 0 atom stereocenters. The lowest BCUT2D eigenvalue weighted by Gasteiger charge is -2.03. The molecule has 1 aromatic rings.